The Bertz CT molecular complexity index is 662. The molecule has 2 rings (SSSR count). The van der Waals surface area contributed by atoms with E-state index in [-0.39, 0.29) is 5.78 Å². The zero-order chi connectivity index (χ0) is 19.5. The van der Waals surface area contributed by atoms with Gasteiger partial charge in [0.1, 0.15) is 0 Å². The molecule has 27 heavy (non-hydrogen) atoms. The number of carbonyl (C=O) groups is 1. The SMILES string of the molecule is CC(C)(C)CCCCCCCCCc1ccc(C(=O)c2ccccc2)cc1. The maximum Gasteiger partial charge on any atom is 0.193 e. The molecule has 0 saturated carbocycles. The Balaban J connectivity index is 1.60. The fraction of sp³-hybridized carbons (Fsp3) is 0.500. The van der Waals surface area contributed by atoms with Crippen LogP contribution < -0.4 is 0 Å². The number of hydrogen-bond acceptors (Lipinski definition) is 1. The predicted molar refractivity (Wildman–Crippen MR) is 116 cm³/mol. The van der Waals surface area contributed by atoms with Gasteiger partial charge in [-0.25, -0.2) is 0 Å². The summed E-state index contributed by atoms with van der Waals surface area (Å²) in [5.41, 5.74) is 3.36. The third kappa shape index (κ3) is 8.56. The maximum atomic E-state index is 12.4. The van der Waals surface area contributed by atoms with Gasteiger partial charge < -0.3 is 0 Å². The summed E-state index contributed by atoms with van der Waals surface area (Å²) in [7, 11) is 0. The minimum atomic E-state index is 0.105. The zero-order valence-electron chi connectivity index (χ0n) is 17.5. The van der Waals surface area contributed by atoms with Crippen LogP contribution in [0.2, 0.25) is 0 Å². The lowest BCUT2D eigenvalue weighted by Gasteiger charge is -2.17. The molecule has 146 valence electrons. The number of benzene rings is 2. The van der Waals surface area contributed by atoms with Crippen LogP contribution in [0.25, 0.3) is 0 Å². The molecule has 0 saturated heterocycles. The fourth-order valence-electron chi connectivity index (χ4n) is 3.45. The molecule has 0 aromatic heterocycles. The first-order valence-electron chi connectivity index (χ1n) is 10.6. The van der Waals surface area contributed by atoms with Crippen molar-refractivity contribution in [1.29, 1.82) is 0 Å². The molecule has 0 heterocycles. The van der Waals surface area contributed by atoms with Crippen molar-refractivity contribution in [2.75, 3.05) is 0 Å². The predicted octanol–water partition coefficient (Wildman–Crippen LogP) is 7.63. The van der Waals surface area contributed by atoms with Gasteiger partial charge in [0, 0.05) is 11.1 Å². The lowest BCUT2D eigenvalue weighted by molar-refractivity contribution is 0.103. The van der Waals surface area contributed by atoms with Crippen LogP contribution in [0.3, 0.4) is 0 Å². The number of carbonyl (C=O) groups excluding carboxylic acids is 1. The van der Waals surface area contributed by atoms with Gasteiger partial charge in [-0.15, -0.1) is 0 Å². The maximum absolute atomic E-state index is 12.4. The Labute approximate surface area is 166 Å². The molecule has 0 N–H and O–H groups in total. The van der Waals surface area contributed by atoms with Crippen molar-refractivity contribution in [1.82, 2.24) is 0 Å². The van der Waals surface area contributed by atoms with Gasteiger partial charge in [-0.3, -0.25) is 4.79 Å². The van der Waals surface area contributed by atoms with E-state index in [1.54, 1.807) is 0 Å². The average Bonchev–Trinajstić information content (AvgIpc) is 2.66. The van der Waals surface area contributed by atoms with E-state index in [4.69, 9.17) is 0 Å². The van der Waals surface area contributed by atoms with Gasteiger partial charge >= 0.3 is 0 Å². The first kappa shape index (κ1) is 21.4. The normalized spacial score (nSPS) is 11.5. The molecular formula is C26H36O. The van der Waals surface area contributed by atoms with E-state index in [1.165, 1.54) is 56.9 Å². The molecule has 0 bridgehead atoms. The first-order chi connectivity index (χ1) is 13.0. The second-order valence-electron chi connectivity index (χ2n) is 8.93. The summed E-state index contributed by atoms with van der Waals surface area (Å²) in [4.78, 5) is 12.4. The standard InChI is InChI=1S/C26H36O/c1-26(2,3)21-13-8-6-4-5-7-10-14-22-17-19-24(20-18-22)25(27)23-15-11-9-12-16-23/h9,11-12,15-20H,4-8,10,13-14,21H2,1-3H3. The number of ketones is 1. The molecule has 0 amide bonds. The van der Waals surface area contributed by atoms with Gasteiger partial charge in [0.25, 0.3) is 0 Å². The highest BCUT2D eigenvalue weighted by atomic mass is 16.1. The van der Waals surface area contributed by atoms with Crippen molar-refractivity contribution < 1.29 is 4.79 Å². The number of rotatable bonds is 11. The topological polar surface area (TPSA) is 17.1 Å². The molecule has 2 aromatic rings. The van der Waals surface area contributed by atoms with E-state index in [2.05, 4.69) is 32.9 Å². The highest BCUT2D eigenvalue weighted by molar-refractivity contribution is 6.08. The molecule has 0 atom stereocenters. The Kier molecular flexibility index (Phi) is 8.78. The summed E-state index contributed by atoms with van der Waals surface area (Å²) in [6, 6.07) is 17.7. The van der Waals surface area contributed by atoms with Crippen LogP contribution in [-0.2, 0) is 6.42 Å². The largest absolute Gasteiger partial charge is 0.289 e. The monoisotopic (exact) mass is 364 g/mol. The quantitative estimate of drug-likeness (QED) is 0.296. The van der Waals surface area contributed by atoms with Crippen molar-refractivity contribution in [3.8, 4) is 0 Å². The summed E-state index contributed by atoms with van der Waals surface area (Å²) >= 11 is 0. The molecule has 0 aliphatic carbocycles. The highest BCUT2D eigenvalue weighted by Gasteiger charge is 2.09. The minimum Gasteiger partial charge on any atom is -0.289 e. The Morgan fingerprint density at radius 3 is 1.78 bits per heavy atom. The minimum absolute atomic E-state index is 0.105. The van der Waals surface area contributed by atoms with Gasteiger partial charge in [0.05, 0.1) is 0 Å². The molecule has 0 radical (unpaired) electrons. The summed E-state index contributed by atoms with van der Waals surface area (Å²) < 4.78 is 0. The summed E-state index contributed by atoms with van der Waals surface area (Å²) in [5, 5.41) is 0. The van der Waals surface area contributed by atoms with Crippen LogP contribution in [0.15, 0.2) is 54.6 Å². The second-order valence-corrected chi connectivity index (χ2v) is 8.93. The van der Waals surface area contributed by atoms with Crippen LogP contribution in [0, 0.1) is 5.41 Å². The van der Waals surface area contributed by atoms with Crippen molar-refractivity contribution in [3.63, 3.8) is 0 Å². The third-order valence-electron chi connectivity index (χ3n) is 5.14. The van der Waals surface area contributed by atoms with Crippen LogP contribution in [0.5, 0.6) is 0 Å². The molecule has 0 aliphatic rings. The van der Waals surface area contributed by atoms with Gasteiger partial charge in [-0.1, -0.05) is 114 Å². The number of unbranched alkanes of at least 4 members (excludes halogenated alkanes) is 6. The molecule has 0 aliphatic heterocycles. The number of hydrogen-bond donors (Lipinski definition) is 0. The van der Waals surface area contributed by atoms with Crippen LogP contribution in [-0.4, -0.2) is 5.78 Å². The van der Waals surface area contributed by atoms with E-state index in [9.17, 15) is 4.79 Å². The van der Waals surface area contributed by atoms with Gasteiger partial charge in [-0.2, -0.15) is 0 Å². The molecular weight excluding hydrogens is 328 g/mol. The van der Waals surface area contributed by atoms with Gasteiger partial charge in [0.2, 0.25) is 0 Å². The van der Waals surface area contributed by atoms with E-state index in [0.29, 0.717) is 5.41 Å². The molecule has 1 heteroatoms. The molecule has 1 nitrogen and oxygen atoms in total. The first-order valence-corrected chi connectivity index (χ1v) is 10.6. The summed E-state index contributed by atoms with van der Waals surface area (Å²) in [6.45, 7) is 6.99. The van der Waals surface area contributed by atoms with Gasteiger partial charge in [0.15, 0.2) is 5.78 Å². The Morgan fingerprint density at radius 2 is 1.19 bits per heavy atom. The zero-order valence-corrected chi connectivity index (χ0v) is 17.5. The van der Waals surface area contributed by atoms with E-state index in [0.717, 1.165) is 17.5 Å². The second kappa shape index (κ2) is 11.1. The third-order valence-corrected chi connectivity index (χ3v) is 5.14. The van der Waals surface area contributed by atoms with Crippen molar-refractivity contribution in [2.45, 2.75) is 78.6 Å². The lowest BCUT2D eigenvalue weighted by Crippen LogP contribution is -2.03. The van der Waals surface area contributed by atoms with Crippen LogP contribution in [0.4, 0.5) is 0 Å². The summed E-state index contributed by atoms with van der Waals surface area (Å²) in [5.74, 6) is 0.105. The van der Waals surface area contributed by atoms with Gasteiger partial charge in [-0.05, 0) is 30.2 Å². The van der Waals surface area contributed by atoms with E-state index >= 15 is 0 Å². The van der Waals surface area contributed by atoms with Crippen molar-refractivity contribution in [2.24, 2.45) is 5.41 Å². The van der Waals surface area contributed by atoms with E-state index < -0.39 is 0 Å². The Morgan fingerprint density at radius 1 is 0.667 bits per heavy atom. The van der Waals surface area contributed by atoms with Crippen molar-refractivity contribution >= 4 is 5.78 Å². The molecule has 0 spiro atoms. The number of aryl methyl sites for hydroxylation is 1. The summed E-state index contributed by atoms with van der Waals surface area (Å²) in [6.07, 6.45) is 11.9. The lowest BCUT2D eigenvalue weighted by atomic mass is 9.89. The molecule has 0 unspecified atom stereocenters. The Hall–Kier alpha value is -1.89. The smallest absolute Gasteiger partial charge is 0.193 e. The molecule has 0 fully saturated rings. The van der Waals surface area contributed by atoms with Crippen LogP contribution in [0.1, 0.15) is 93.6 Å². The average molecular weight is 365 g/mol. The van der Waals surface area contributed by atoms with Crippen molar-refractivity contribution in [3.05, 3.63) is 71.3 Å². The highest BCUT2D eigenvalue weighted by Crippen LogP contribution is 2.22. The fourth-order valence-corrected chi connectivity index (χ4v) is 3.45. The molecule has 2 aromatic carbocycles. The van der Waals surface area contributed by atoms with E-state index in [1.807, 2.05) is 42.5 Å². The van der Waals surface area contributed by atoms with Crippen LogP contribution >= 0.6 is 0 Å².